The highest BCUT2D eigenvalue weighted by Gasteiger charge is 2.26. The number of hydrogen-bond acceptors (Lipinski definition) is 2. The summed E-state index contributed by atoms with van der Waals surface area (Å²) >= 11 is 0. The van der Waals surface area contributed by atoms with Crippen LogP contribution < -0.4 is 5.32 Å². The van der Waals surface area contributed by atoms with Crippen LogP contribution in [0.15, 0.2) is 4.99 Å². The summed E-state index contributed by atoms with van der Waals surface area (Å²) in [6.45, 7) is 4.75. The van der Waals surface area contributed by atoms with Crippen molar-refractivity contribution < 1.29 is 17.9 Å². The number of nitrogens with zero attached hydrogens (tertiary/aromatic N) is 2. The van der Waals surface area contributed by atoms with Crippen molar-refractivity contribution in [3.05, 3.63) is 0 Å². The first kappa shape index (κ1) is 18.1. The second-order valence-corrected chi connectivity index (χ2v) is 5.37. The minimum Gasteiger partial charge on any atom is -0.381 e. The molecule has 0 aromatic rings. The molecule has 7 heteroatoms. The van der Waals surface area contributed by atoms with Crippen LogP contribution in [0.2, 0.25) is 0 Å². The lowest BCUT2D eigenvalue weighted by Crippen LogP contribution is -2.40. The Morgan fingerprint density at radius 2 is 2.00 bits per heavy atom. The highest BCUT2D eigenvalue weighted by molar-refractivity contribution is 5.79. The fraction of sp³-hybridized carbons (Fsp3) is 0.929. The highest BCUT2D eigenvalue weighted by atomic mass is 19.4. The van der Waals surface area contributed by atoms with E-state index in [9.17, 15) is 13.2 Å². The molecule has 21 heavy (non-hydrogen) atoms. The van der Waals surface area contributed by atoms with Gasteiger partial charge >= 0.3 is 6.18 Å². The Hall–Kier alpha value is -0.980. The number of hydrogen-bond donors (Lipinski definition) is 1. The van der Waals surface area contributed by atoms with E-state index in [1.54, 1.807) is 0 Å². The maximum absolute atomic E-state index is 12.2. The predicted molar refractivity (Wildman–Crippen MR) is 77.4 cm³/mol. The topological polar surface area (TPSA) is 36.9 Å². The van der Waals surface area contributed by atoms with Gasteiger partial charge in [-0.3, -0.25) is 4.99 Å². The molecule has 0 amide bonds. The van der Waals surface area contributed by atoms with E-state index in [2.05, 4.69) is 10.3 Å². The van der Waals surface area contributed by atoms with Crippen molar-refractivity contribution in [3.63, 3.8) is 0 Å². The zero-order valence-electron chi connectivity index (χ0n) is 12.9. The summed E-state index contributed by atoms with van der Waals surface area (Å²) in [4.78, 5) is 5.96. The first-order valence-corrected chi connectivity index (χ1v) is 7.56. The smallest absolute Gasteiger partial charge is 0.381 e. The van der Waals surface area contributed by atoms with Crippen LogP contribution in [-0.2, 0) is 4.74 Å². The van der Waals surface area contributed by atoms with Crippen molar-refractivity contribution >= 4 is 5.96 Å². The summed E-state index contributed by atoms with van der Waals surface area (Å²) in [5.41, 5.74) is 0. The van der Waals surface area contributed by atoms with E-state index >= 15 is 0 Å². The van der Waals surface area contributed by atoms with Crippen molar-refractivity contribution in [1.82, 2.24) is 10.2 Å². The summed E-state index contributed by atoms with van der Waals surface area (Å²) < 4.78 is 41.8. The lowest BCUT2D eigenvalue weighted by molar-refractivity contribution is -0.132. The van der Waals surface area contributed by atoms with Crippen molar-refractivity contribution in [1.29, 1.82) is 0 Å². The number of rotatable bonds is 6. The molecule has 1 aliphatic heterocycles. The van der Waals surface area contributed by atoms with Gasteiger partial charge in [0, 0.05) is 33.4 Å². The maximum atomic E-state index is 12.2. The molecule has 1 aliphatic rings. The first-order valence-electron chi connectivity index (χ1n) is 7.56. The number of halogens is 3. The van der Waals surface area contributed by atoms with Gasteiger partial charge in [0.15, 0.2) is 5.96 Å². The zero-order valence-corrected chi connectivity index (χ0v) is 12.9. The molecule has 1 N–H and O–H groups in total. The van der Waals surface area contributed by atoms with Crippen LogP contribution >= 0.6 is 0 Å². The molecule has 0 bridgehead atoms. The average molecular weight is 309 g/mol. The van der Waals surface area contributed by atoms with Gasteiger partial charge in [0.1, 0.15) is 0 Å². The molecule has 1 rings (SSSR count). The molecular formula is C14H26F3N3O. The van der Waals surface area contributed by atoms with Crippen LogP contribution in [0, 0.1) is 5.92 Å². The Kier molecular flexibility index (Phi) is 7.85. The fourth-order valence-electron chi connectivity index (χ4n) is 2.28. The van der Waals surface area contributed by atoms with E-state index in [-0.39, 0.29) is 6.54 Å². The standard InChI is InChI=1S/C14H26F3N3O/c1-3-18-13(19-8-7-14(15,16)17)20(2)9-4-12-5-10-21-11-6-12/h12H,3-11H2,1-2H3,(H,18,19). The van der Waals surface area contributed by atoms with Crippen LogP contribution in [0.5, 0.6) is 0 Å². The van der Waals surface area contributed by atoms with E-state index < -0.39 is 12.6 Å². The van der Waals surface area contributed by atoms with E-state index in [1.165, 1.54) is 0 Å². The summed E-state index contributed by atoms with van der Waals surface area (Å²) in [6, 6.07) is 0. The Balaban J connectivity index is 2.40. The monoisotopic (exact) mass is 309 g/mol. The quantitative estimate of drug-likeness (QED) is 0.605. The molecule has 0 aromatic heterocycles. The van der Waals surface area contributed by atoms with E-state index in [4.69, 9.17) is 4.74 Å². The summed E-state index contributed by atoms with van der Waals surface area (Å²) in [5, 5.41) is 3.04. The number of guanidine groups is 1. The molecule has 4 nitrogen and oxygen atoms in total. The lowest BCUT2D eigenvalue weighted by atomic mass is 9.96. The normalized spacial score (nSPS) is 17.9. The van der Waals surface area contributed by atoms with Gasteiger partial charge in [-0.15, -0.1) is 0 Å². The minimum absolute atomic E-state index is 0.229. The van der Waals surface area contributed by atoms with Gasteiger partial charge in [-0.2, -0.15) is 13.2 Å². The minimum atomic E-state index is -4.15. The first-order chi connectivity index (χ1) is 9.92. The van der Waals surface area contributed by atoms with Gasteiger partial charge < -0.3 is 15.0 Å². The zero-order chi connectivity index (χ0) is 15.7. The van der Waals surface area contributed by atoms with Gasteiger partial charge in [0.05, 0.1) is 13.0 Å². The summed E-state index contributed by atoms with van der Waals surface area (Å²) in [5.74, 6) is 1.19. The second-order valence-electron chi connectivity index (χ2n) is 5.37. The highest BCUT2D eigenvalue weighted by Crippen LogP contribution is 2.20. The van der Waals surface area contributed by atoms with Crippen LogP contribution in [-0.4, -0.2) is 56.9 Å². The molecule has 0 aliphatic carbocycles. The van der Waals surface area contributed by atoms with Crippen LogP contribution in [0.25, 0.3) is 0 Å². The van der Waals surface area contributed by atoms with Gasteiger partial charge in [-0.25, -0.2) is 0 Å². The molecule has 1 saturated heterocycles. The van der Waals surface area contributed by atoms with E-state index in [1.807, 2.05) is 18.9 Å². The average Bonchev–Trinajstić information content (AvgIpc) is 2.44. The van der Waals surface area contributed by atoms with Gasteiger partial charge in [-0.1, -0.05) is 0 Å². The lowest BCUT2D eigenvalue weighted by Gasteiger charge is -2.26. The van der Waals surface area contributed by atoms with Crippen LogP contribution in [0.3, 0.4) is 0 Å². The molecule has 0 saturated carbocycles. The van der Waals surface area contributed by atoms with Crippen LogP contribution in [0.4, 0.5) is 13.2 Å². The molecule has 1 heterocycles. The van der Waals surface area contributed by atoms with Crippen molar-refractivity contribution in [2.24, 2.45) is 10.9 Å². The van der Waals surface area contributed by atoms with E-state index in [0.717, 1.165) is 39.0 Å². The van der Waals surface area contributed by atoms with Crippen molar-refractivity contribution in [2.75, 3.05) is 39.9 Å². The predicted octanol–water partition coefficient (Wildman–Crippen LogP) is 2.65. The molecule has 0 atom stereocenters. The van der Waals surface area contributed by atoms with Gasteiger partial charge in [0.25, 0.3) is 0 Å². The number of alkyl halides is 3. The number of ether oxygens (including phenoxy) is 1. The molecule has 124 valence electrons. The van der Waals surface area contributed by atoms with Crippen molar-refractivity contribution in [3.8, 4) is 0 Å². The fourth-order valence-corrected chi connectivity index (χ4v) is 2.28. The molecule has 0 aromatic carbocycles. The Morgan fingerprint density at radius 1 is 1.33 bits per heavy atom. The molecule has 0 spiro atoms. The Bertz CT molecular complexity index is 315. The van der Waals surface area contributed by atoms with Gasteiger partial charge in [0.2, 0.25) is 0 Å². The Morgan fingerprint density at radius 3 is 2.57 bits per heavy atom. The number of aliphatic imine (C=N–C) groups is 1. The SMILES string of the molecule is CCNC(=NCCC(F)(F)F)N(C)CCC1CCOCC1. The molecule has 0 unspecified atom stereocenters. The van der Waals surface area contributed by atoms with Crippen LogP contribution in [0.1, 0.15) is 32.6 Å². The largest absolute Gasteiger partial charge is 0.390 e. The van der Waals surface area contributed by atoms with E-state index in [0.29, 0.717) is 18.4 Å². The molecular weight excluding hydrogens is 283 g/mol. The second kappa shape index (κ2) is 9.12. The third kappa shape index (κ3) is 8.14. The molecule has 0 radical (unpaired) electrons. The summed E-state index contributed by atoms with van der Waals surface area (Å²) in [6.07, 6.45) is -1.88. The molecule has 1 fully saturated rings. The summed E-state index contributed by atoms with van der Waals surface area (Å²) in [7, 11) is 1.87. The maximum Gasteiger partial charge on any atom is 0.390 e. The third-order valence-corrected chi connectivity index (χ3v) is 3.57. The third-order valence-electron chi connectivity index (χ3n) is 3.57. The van der Waals surface area contributed by atoms with Gasteiger partial charge in [-0.05, 0) is 32.1 Å². The van der Waals surface area contributed by atoms with Crippen molar-refractivity contribution in [2.45, 2.75) is 38.8 Å². The Labute approximate surface area is 124 Å². The number of nitrogens with one attached hydrogen (secondary N) is 1.